The summed E-state index contributed by atoms with van der Waals surface area (Å²) in [6.07, 6.45) is 2.09. The molecule has 0 aromatic carbocycles. The number of carbonyl (C=O) groups is 1. The predicted octanol–water partition coefficient (Wildman–Crippen LogP) is 1.52. The third kappa shape index (κ3) is 4.25. The van der Waals surface area contributed by atoms with Gasteiger partial charge in [-0.1, -0.05) is 20.8 Å². The van der Waals surface area contributed by atoms with Crippen LogP contribution in [0.1, 0.15) is 40.5 Å². The fourth-order valence-corrected chi connectivity index (χ4v) is 2.26. The Kier molecular flexibility index (Phi) is 6.09. The molecule has 106 valence electrons. The zero-order valence-electron chi connectivity index (χ0n) is 12.6. The first-order valence-electron chi connectivity index (χ1n) is 7.18. The number of rotatable bonds is 7. The Morgan fingerprint density at radius 3 is 2.67 bits per heavy atom. The Balaban J connectivity index is 2.34. The number of nitrogens with zero attached hydrogens (tertiary/aromatic N) is 2. The van der Waals surface area contributed by atoms with Crippen molar-refractivity contribution in [3.63, 3.8) is 0 Å². The number of carbonyl (C=O) groups excluding carboxylic acids is 1. The van der Waals surface area contributed by atoms with E-state index < -0.39 is 0 Å². The molecule has 1 amide bonds. The molecule has 2 unspecified atom stereocenters. The van der Waals surface area contributed by atoms with Crippen LogP contribution >= 0.6 is 0 Å². The van der Waals surface area contributed by atoms with E-state index in [2.05, 4.69) is 45.0 Å². The van der Waals surface area contributed by atoms with Crippen molar-refractivity contribution in [2.75, 3.05) is 26.8 Å². The highest BCUT2D eigenvalue weighted by Gasteiger charge is 2.31. The quantitative estimate of drug-likeness (QED) is 0.749. The average Bonchev–Trinajstić information content (AvgIpc) is 2.66. The van der Waals surface area contributed by atoms with Gasteiger partial charge < -0.3 is 9.80 Å². The van der Waals surface area contributed by atoms with Gasteiger partial charge in [0.05, 0.1) is 12.7 Å². The van der Waals surface area contributed by atoms with E-state index in [1.807, 2.05) is 4.90 Å². The highest BCUT2D eigenvalue weighted by atomic mass is 16.2. The first-order valence-corrected chi connectivity index (χ1v) is 7.18. The second-order valence-corrected chi connectivity index (χ2v) is 5.88. The Morgan fingerprint density at radius 1 is 1.44 bits per heavy atom. The minimum absolute atomic E-state index is 0.0407. The first-order chi connectivity index (χ1) is 8.45. The third-order valence-corrected chi connectivity index (χ3v) is 3.91. The van der Waals surface area contributed by atoms with Gasteiger partial charge in [-0.25, -0.2) is 0 Å². The largest absolute Gasteiger partial charge is 0.327 e. The number of hydrogen-bond acceptors (Lipinski definition) is 3. The zero-order valence-corrected chi connectivity index (χ0v) is 12.6. The molecule has 0 saturated carbocycles. The van der Waals surface area contributed by atoms with Gasteiger partial charge in [0.1, 0.15) is 0 Å². The van der Waals surface area contributed by atoms with Gasteiger partial charge in [0.2, 0.25) is 5.91 Å². The number of amides is 1. The Morgan fingerprint density at radius 2 is 2.11 bits per heavy atom. The smallest absolute Gasteiger partial charge is 0.240 e. The molecule has 0 aromatic heterocycles. The molecule has 4 nitrogen and oxygen atoms in total. The van der Waals surface area contributed by atoms with Crippen LogP contribution in [0.2, 0.25) is 0 Å². The predicted molar refractivity (Wildman–Crippen MR) is 75.3 cm³/mol. The molecule has 1 saturated heterocycles. The average molecular weight is 255 g/mol. The minimum atomic E-state index is 0.0407. The fourth-order valence-electron chi connectivity index (χ4n) is 2.26. The molecule has 1 aliphatic rings. The monoisotopic (exact) mass is 255 g/mol. The fraction of sp³-hybridized carbons (Fsp3) is 0.929. The van der Waals surface area contributed by atoms with Crippen LogP contribution in [0.5, 0.6) is 0 Å². The van der Waals surface area contributed by atoms with Gasteiger partial charge in [-0.15, -0.1) is 0 Å². The zero-order chi connectivity index (χ0) is 13.7. The lowest BCUT2D eigenvalue weighted by molar-refractivity contribution is -0.129. The van der Waals surface area contributed by atoms with Gasteiger partial charge >= 0.3 is 0 Å². The molecule has 1 heterocycles. The van der Waals surface area contributed by atoms with Crippen LogP contribution in [0.3, 0.4) is 0 Å². The van der Waals surface area contributed by atoms with E-state index in [1.165, 1.54) is 0 Å². The van der Waals surface area contributed by atoms with Crippen molar-refractivity contribution in [1.29, 1.82) is 0 Å². The Bertz CT molecular complexity index is 268. The van der Waals surface area contributed by atoms with Crippen LogP contribution in [0, 0.1) is 5.92 Å². The summed E-state index contributed by atoms with van der Waals surface area (Å²) in [6.45, 7) is 11.2. The van der Waals surface area contributed by atoms with Crippen LogP contribution in [-0.2, 0) is 4.79 Å². The molecular formula is C14H29N3O. The van der Waals surface area contributed by atoms with E-state index in [0.717, 1.165) is 25.9 Å². The standard InChI is InChI=1S/C14H29N3O/c1-6-12(4)16(5)7-8-17-10-15-13(14(17)18)9-11(2)3/h11-13,15H,6-10H2,1-5H3. The van der Waals surface area contributed by atoms with Gasteiger partial charge in [0.25, 0.3) is 0 Å². The lowest BCUT2D eigenvalue weighted by Gasteiger charge is -2.26. The van der Waals surface area contributed by atoms with E-state index in [0.29, 0.717) is 18.6 Å². The maximum absolute atomic E-state index is 12.1. The van der Waals surface area contributed by atoms with E-state index in [4.69, 9.17) is 0 Å². The molecule has 1 rings (SSSR count). The summed E-state index contributed by atoms with van der Waals surface area (Å²) in [7, 11) is 2.13. The van der Waals surface area contributed by atoms with Crippen LogP contribution in [0.25, 0.3) is 0 Å². The van der Waals surface area contributed by atoms with Crippen molar-refractivity contribution in [3.8, 4) is 0 Å². The van der Waals surface area contributed by atoms with E-state index >= 15 is 0 Å². The highest BCUT2D eigenvalue weighted by Crippen LogP contribution is 2.12. The van der Waals surface area contributed by atoms with Crippen LogP contribution < -0.4 is 5.32 Å². The van der Waals surface area contributed by atoms with Gasteiger partial charge in [-0.2, -0.15) is 0 Å². The second kappa shape index (κ2) is 7.10. The summed E-state index contributed by atoms with van der Waals surface area (Å²) < 4.78 is 0. The van der Waals surface area contributed by atoms with Crippen LogP contribution in [0.15, 0.2) is 0 Å². The van der Waals surface area contributed by atoms with Crippen LogP contribution in [0.4, 0.5) is 0 Å². The lowest BCUT2D eigenvalue weighted by atomic mass is 10.0. The number of nitrogens with one attached hydrogen (secondary N) is 1. The SMILES string of the molecule is CCC(C)N(C)CCN1CNC(CC(C)C)C1=O. The van der Waals surface area contributed by atoms with Gasteiger partial charge in [-0.3, -0.25) is 10.1 Å². The number of likely N-dealkylation sites (N-methyl/N-ethyl adjacent to an activating group) is 1. The molecule has 0 aromatic rings. The maximum atomic E-state index is 12.1. The second-order valence-electron chi connectivity index (χ2n) is 5.88. The van der Waals surface area contributed by atoms with E-state index in [-0.39, 0.29) is 11.9 Å². The van der Waals surface area contributed by atoms with Crippen molar-refractivity contribution in [2.24, 2.45) is 5.92 Å². The molecule has 1 fully saturated rings. The van der Waals surface area contributed by atoms with Gasteiger partial charge in [-0.05, 0) is 32.7 Å². The normalized spacial score (nSPS) is 22.3. The van der Waals surface area contributed by atoms with E-state index in [9.17, 15) is 4.79 Å². The van der Waals surface area contributed by atoms with Crippen molar-refractivity contribution in [1.82, 2.24) is 15.1 Å². The molecule has 0 radical (unpaired) electrons. The molecule has 0 spiro atoms. The third-order valence-electron chi connectivity index (χ3n) is 3.91. The maximum Gasteiger partial charge on any atom is 0.240 e. The van der Waals surface area contributed by atoms with Crippen molar-refractivity contribution < 1.29 is 4.79 Å². The molecule has 0 bridgehead atoms. The van der Waals surface area contributed by atoms with Gasteiger partial charge in [0, 0.05) is 19.1 Å². The molecular weight excluding hydrogens is 226 g/mol. The molecule has 1 aliphatic heterocycles. The number of hydrogen-bond donors (Lipinski definition) is 1. The van der Waals surface area contributed by atoms with E-state index in [1.54, 1.807) is 0 Å². The summed E-state index contributed by atoms with van der Waals surface area (Å²) in [5.74, 6) is 0.843. The summed E-state index contributed by atoms with van der Waals surface area (Å²) >= 11 is 0. The van der Waals surface area contributed by atoms with Gasteiger partial charge in [0.15, 0.2) is 0 Å². The first kappa shape index (κ1) is 15.4. The lowest BCUT2D eigenvalue weighted by Crippen LogP contribution is -2.39. The van der Waals surface area contributed by atoms with Crippen LogP contribution in [-0.4, -0.2) is 54.6 Å². The summed E-state index contributed by atoms with van der Waals surface area (Å²) in [5, 5.41) is 3.31. The Hall–Kier alpha value is -0.610. The summed E-state index contributed by atoms with van der Waals surface area (Å²) in [6, 6.07) is 0.626. The Labute approximate surface area is 112 Å². The van der Waals surface area contributed by atoms with Crippen molar-refractivity contribution in [2.45, 2.75) is 52.6 Å². The molecule has 18 heavy (non-hydrogen) atoms. The van der Waals surface area contributed by atoms with Crippen molar-refractivity contribution in [3.05, 3.63) is 0 Å². The summed E-state index contributed by atoms with van der Waals surface area (Å²) in [4.78, 5) is 16.4. The highest BCUT2D eigenvalue weighted by molar-refractivity contribution is 5.83. The minimum Gasteiger partial charge on any atom is -0.327 e. The topological polar surface area (TPSA) is 35.6 Å². The molecule has 4 heteroatoms. The molecule has 2 atom stereocenters. The van der Waals surface area contributed by atoms with Crippen molar-refractivity contribution >= 4 is 5.91 Å². The summed E-state index contributed by atoms with van der Waals surface area (Å²) in [5.41, 5.74) is 0. The molecule has 1 N–H and O–H groups in total. The molecule has 0 aliphatic carbocycles.